The van der Waals surface area contributed by atoms with E-state index in [4.69, 9.17) is 5.26 Å². The number of rotatable bonds is 3. The highest BCUT2D eigenvalue weighted by molar-refractivity contribution is 5.21. The highest BCUT2D eigenvalue weighted by Crippen LogP contribution is 2.31. The molecule has 0 aromatic heterocycles. The summed E-state index contributed by atoms with van der Waals surface area (Å²) in [5.74, 6) is 0. The van der Waals surface area contributed by atoms with Crippen LogP contribution in [0.5, 0.6) is 0 Å². The van der Waals surface area contributed by atoms with Crippen LogP contribution in [0.2, 0.25) is 0 Å². The number of benzene rings is 1. The zero-order valence-electron chi connectivity index (χ0n) is 11.2. The van der Waals surface area contributed by atoms with Gasteiger partial charge in [0.2, 0.25) is 0 Å². The first-order valence-corrected chi connectivity index (χ1v) is 6.54. The van der Waals surface area contributed by atoms with E-state index in [1.807, 2.05) is 6.07 Å². The van der Waals surface area contributed by atoms with E-state index in [1.165, 1.54) is 5.56 Å². The van der Waals surface area contributed by atoms with Crippen LogP contribution >= 0.6 is 0 Å². The summed E-state index contributed by atoms with van der Waals surface area (Å²) in [6.45, 7) is 7.45. The Morgan fingerprint density at radius 3 is 2.72 bits per heavy atom. The Labute approximate surface area is 109 Å². The molecular weight excluding hydrogens is 222 g/mol. The number of piperazine rings is 1. The Morgan fingerprint density at radius 1 is 1.39 bits per heavy atom. The van der Waals surface area contributed by atoms with Crippen LogP contribution in [-0.4, -0.2) is 30.1 Å². The number of hydrogen-bond donors (Lipinski definition) is 1. The molecule has 1 aromatic rings. The first-order valence-electron chi connectivity index (χ1n) is 6.54. The lowest BCUT2D eigenvalue weighted by atomic mass is 9.93. The van der Waals surface area contributed by atoms with Gasteiger partial charge in [-0.1, -0.05) is 30.3 Å². The van der Waals surface area contributed by atoms with Crippen LogP contribution in [-0.2, 0) is 0 Å². The Hall–Kier alpha value is -1.37. The summed E-state index contributed by atoms with van der Waals surface area (Å²) in [6, 6.07) is 12.9. The van der Waals surface area contributed by atoms with E-state index in [-0.39, 0.29) is 11.6 Å². The second-order valence-corrected chi connectivity index (χ2v) is 5.47. The third-order valence-corrected chi connectivity index (χ3v) is 3.71. The van der Waals surface area contributed by atoms with Gasteiger partial charge in [-0.2, -0.15) is 5.26 Å². The molecular formula is C15H21N3. The molecule has 1 aromatic carbocycles. The molecule has 0 spiro atoms. The van der Waals surface area contributed by atoms with Gasteiger partial charge in [-0.25, -0.2) is 0 Å². The van der Waals surface area contributed by atoms with Crippen LogP contribution in [0.15, 0.2) is 30.3 Å². The highest BCUT2D eigenvalue weighted by Gasteiger charge is 2.35. The lowest BCUT2D eigenvalue weighted by molar-refractivity contribution is 0.0457. The molecule has 1 unspecified atom stereocenters. The minimum absolute atomic E-state index is 0.0929. The van der Waals surface area contributed by atoms with Gasteiger partial charge in [0.25, 0.3) is 0 Å². The zero-order chi connectivity index (χ0) is 13.0. The molecule has 3 nitrogen and oxygen atoms in total. The van der Waals surface area contributed by atoms with Gasteiger partial charge in [0, 0.05) is 31.2 Å². The van der Waals surface area contributed by atoms with Gasteiger partial charge in [0.1, 0.15) is 0 Å². The maximum atomic E-state index is 9.11. The smallest absolute Gasteiger partial charge is 0.0641 e. The molecule has 96 valence electrons. The Bertz CT molecular complexity index is 419. The van der Waals surface area contributed by atoms with Crippen molar-refractivity contribution in [3.05, 3.63) is 35.9 Å². The van der Waals surface area contributed by atoms with Crippen molar-refractivity contribution in [3.8, 4) is 6.07 Å². The molecule has 0 bridgehead atoms. The van der Waals surface area contributed by atoms with Crippen LogP contribution in [0.3, 0.4) is 0 Å². The minimum atomic E-state index is 0.0929. The molecule has 2 rings (SSSR count). The van der Waals surface area contributed by atoms with E-state index >= 15 is 0 Å². The molecule has 0 amide bonds. The van der Waals surface area contributed by atoms with Crippen molar-refractivity contribution in [2.24, 2.45) is 0 Å². The average molecular weight is 243 g/mol. The van der Waals surface area contributed by atoms with E-state index < -0.39 is 0 Å². The quantitative estimate of drug-likeness (QED) is 0.885. The molecule has 1 atom stereocenters. The van der Waals surface area contributed by atoms with E-state index in [0.29, 0.717) is 6.42 Å². The maximum Gasteiger partial charge on any atom is 0.0641 e. The molecule has 1 N–H and O–H groups in total. The van der Waals surface area contributed by atoms with Gasteiger partial charge in [-0.05, 0) is 19.4 Å². The Kier molecular flexibility index (Phi) is 4.00. The van der Waals surface area contributed by atoms with Gasteiger partial charge in [0.05, 0.1) is 12.5 Å². The monoisotopic (exact) mass is 243 g/mol. The van der Waals surface area contributed by atoms with Crippen molar-refractivity contribution in [1.29, 1.82) is 5.26 Å². The van der Waals surface area contributed by atoms with Crippen LogP contribution < -0.4 is 5.32 Å². The third-order valence-electron chi connectivity index (χ3n) is 3.71. The fraction of sp³-hybridized carbons (Fsp3) is 0.533. The largest absolute Gasteiger partial charge is 0.314 e. The minimum Gasteiger partial charge on any atom is -0.314 e. The van der Waals surface area contributed by atoms with E-state index in [1.54, 1.807) is 0 Å². The van der Waals surface area contributed by atoms with E-state index in [0.717, 1.165) is 19.6 Å². The molecule has 1 heterocycles. The number of nitrogens with zero attached hydrogens (tertiary/aromatic N) is 2. The Balaban J connectivity index is 2.27. The first kappa shape index (κ1) is 13.1. The summed E-state index contributed by atoms with van der Waals surface area (Å²) < 4.78 is 0. The van der Waals surface area contributed by atoms with Crippen molar-refractivity contribution >= 4 is 0 Å². The molecule has 3 heteroatoms. The van der Waals surface area contributed by atoms with Gasteiger partial charge in [-0.3, -0.25) is 4.90 Å². The van der Waals surface area contributed by atoms with Crippen LogP contribution in [0.25, 0.3) is 0 Å². The fourth-order valence-corrected chi connectivity index (χ4v) is 2.75. The van der Waals surface area contributed by atoms with Crippen LogP contribution in [0.4, 0.5) is 0 Å². The van der Waals surface area contributed by atoms with Gasteiger partial charge in [-0.15, -0.1) is 0 Å². The number of hydrogen-bond acceptors (Lipinski definition) is 3. The van der Waals surface area contributed by atoms with Crippen molar-refractivity contribution in [2.45, 2.75) is 31.8 Å². The average Bonchev–Trinajstić information content (AvgIpc) is 2.37. The summed E-state index contributed by atoms with van der Waals surface area (Å²) in [7, 11) is 0. The molecule has 0 saturated carbocycles. The maximum absolute atomic E-state index is 9.11. The second-order valence-electron chi connectivity index (χ2n) is 5.47. The molecule has 1 saturated heterocycles. The second kappa shape index (κ2) is 5.51. The van der Waals surface area contributed by atoms with Gasteiger partial charge < -0.3 is 5.32 Å². The standard InChI is InChI=1S/C15H21N3/c1-15(2)12-17-10-11-18(15)14(8-9-16)13-6-4-3-5-7-13/h3-7,14,17H,8,10-12H2,1-2H3. The molecule has 0 radical (unpaired) electrons. The fourth-order valence-electron chi connectivity index (χ4n) is 2.75. The summed E-state index contributed by atoms with van der Waals surface area (Å²) in [5, 5.41) is 12.5. The lowest BCUT2D eigenvalue weighted by Gasteiger charge is -2.47. The molecule has 0 aliphatic carbocycles. The summed E-state index contributed by atoms with van der Waals surface area (Å²) >= 11 is 0. The molecule has 1 aliphatic rings. The summed E-state index contributed by atoms with van der Waals surface area (Å²) in [4.78, 5) is 2.46. The van der Waals surface area contributed by atoms with Crippen molar-refractivity contribution in [1.82, 2.24) is 10.2 Å². The topological polar surface area (TPSA) is 39.1 Å². The molecule has 18 heavy (non-hydrogen) atoms. The summed E-state index contributed by atoms with van der Waals surface area (Å²) in [5.41, 5.74) is 1.34. The van der Waals surface area contributed by atoms with Crippen LogP contribution in [0.1, 0.15) is 31.9 Å². The van der Waals surface area contributed by atoms with Crippen LogP contribution in [0, 0.1) is 11.3 Å². The molecule has 1 fully saturated rings. The van der Waals surface area contributed by atoms with Gasteiger partial charge >= 0.3 is 0 Å². The first-order chi connectivity index (χ1) is 8.65. The van der Waals surface area contributed by atoms with E-state index in [9.17, 15) is 0 Å². The number of nitrogens with one attached hydrogen (secondary N) is 1. The zero-order valence-corrected chi connectivity index (χ0v) is 11.2. The van der Waals surface area contributed by atoms with Crippen molar-refractivity contribution in [3.63, 3.8) is 0 Å². The van der Waals surface area contributed by atoms with Crippen molar-refractivity contribution < 1.29 is 0 Å². The van der Waals surface area contributed by atoms with Crippen molar-refractivity contribution in [2.75, 3.05) is 19.6 Å². The summed E-state index contributed by atoms with van der Waals surface area (Å²) in [6.07, 6.45) is 0.549. The highest BCUT2D eigenvalue weighted by atomic mass is 15.3. The van der Waals surface area contributed by atoms with E-state index in [2.05, 4.69) is 54.4 Å². The predicted molar refractivity (Wildman–Crippen MR) is 73.1 cm³/mol. The molecule has 1 aliphatic heterocycles. The van der Waals surface area contributed by atoms with Gasteiger partial charge in [0.15, 0.2) is 0 Å². The predicted octanol–water partition coefficient (Wildman–Crippen LogP) is 2.33. The third kappa shape index (κ3) is 2.72. The lowest BCUT2D eigenvalue weighted by Crippen LogP contribution is -2.58. The number of nitriles is 1. The normalized spacial score (nSPS) is 21.2. The Morgan fingerprint density at radius 2 is 2.11 bits per heavy atom. The SMILES string of the molecule is CC1(C)CNCCN1C(CC#N)c1ccccc1.